The molecule has 0 aromatic rings. The maximum absolute atomic E-state index is 11.9. The van der Waals surface area contributed by atoms with Crippen LogP contribution in [0.25, 0.3) is 0 Å². The third kappa shape index (κ3) is 4.63. The highest BCUT2D eigenvalue weighted by Crippen LogP contribution is 2.51. The van der Waals surface area contributed by atoms with E-state index in [0.717, 1.165) is 25.9 Å². The molecular weight excluding hydrogens is 304 g/mol. The van der Waals surface area contributed by atoms with Gasteiger partial charge in [0.05, 0.1) is 6.10 Å². The van der Waals surface area contributed by atoms with E-state index < -0.39 is 5.60 Å². The van der Waals surface area contributed by atoms with Gasteiger partial charge < -0.3 is 20.1 Å². The van der Waals surface area contributed by atoms with Crippen molar-refractivity contribution in [3.8, 4) is 0 Å². The summed E-state index contributed by atoms with van der Waals surface area (Å²) in [5.41, 5.74) is -0.302. The van der Waals surface area contributed by atoms with Crippen molar-refractivity contribution in [3.05, 3.63) is 0 Å². The second-order valence-electron chi connectivity index (χ2n) is 8.93. The Kier molecular flexibility index (Phi) is 6.19. The van der Waals surface area contributed by atoms with Gasteiger partial charge >= 0.3 is 6.09 Å². The Morgan fingerprint density at radius 3 is 2.71 bits per heavy atom. The van der Waals surface area contributed by atoms with Crippen molar-refractivity contribution in [2.24, 2.45) is 11.3 Å². The van der Waals surface area contributed by atoms with Gasteiger partial charge in [0.2, 0.25) is 0 Å². The summed E-state index contributed by atoms with van der Waals surface area (Å²) in [6.07, 6.45) is 4.57. The lowest BCUT2D eigenvalue weighted by molar-refractivity contribution is -0.194. The second-order valence-corrected chi connectivity index (χ2v) is 8.93. The fraction of sp³-hybridized carbons (Fsp3) is 0.947. The quantitative estimate of drug-likeness (QED) is 0.777. The van der Waals surface area contributed by atoms with Gasteiger partial charge in [0.15, 0.2) is 0 Å². The van der Waals surface area contributed by atoms with E-state index in [1.165, 1.54) is 6.42 Å². The number of alkyl carbamates (subject to hydrolysis) is 1. The lowest BCUT2D eigenvalue weighted by Crippen LogP contribution is -2.71. The van der Waals surface area contributed by atoms with Gasteiger partial charge in [-0.1, -0.05) is 27.2 Å². The number of hydrogen-bond acceptors (Lipinski definition) is 4. The number of amides is 1. The predicted molar refractivity (Wildman–Crippen MR) is 96.1 cm³/mol. The predicted octanol–water partition coefficient (Wildman–Crippen LogP) is 3.47. The number of ether oxygens (including phenoxy) is 2. The summed E-state index contributed by atoms with van der Waals surface area (Å²) < 4.78 is 11.3. The Bertz CT molecular complexity index is 431. The molecule has 5 nitrogen and oxygen atoms in total. The van der Waals surface area contributed by atoms with Crippen LogP contribution in [-0.2, 0) is 9.47 Å². The average Bonchev–Trinajstić information content (AvgIpc) is 2.48. The van der Waals surface area contributed by atoms with Crippen LogP contribution in [0.1, 0.15) is 67.2 Å². The van der Waals surface area contributed by atoms with Crippen molar-refractivity contribution in [2.45, 2.75) is 91.0 Å². The maximum Gasteiger partial charge on any atom is 0.407 e. The molecule has 1 saturated heterocycles. The maximum atomic E-state index is 11.9. The molecule has 1 aliphatic carbocycles. The van der Waals surface area contributed by atoms with Gasteiger partial charge in [-0.15, -0.1) is 0 Å². The van der Waals surface area contributed by atoms with Crippen molar-refractivity contribution in [2.75, 3.05) is 13.2 Å². The Hall–Kier alpha value is -0.810. The van der Waals surface area contributed by atoms with Gasteiger partial charge in [0.25, 0.3) is 0 Å². The molecule has 2 fully saturated rings. The van der Waals surface area contributed by atoms with E-state index in [1.807, 2.05) is 20.8 Å². The van der Waals surface area contributed by atoms with Crippen LogP contribution in [0.3, 0.4) is 0 Å². The van der Waals surface area contributed by atoms with Crippen molar-refractivity contribution in [1.82, 2.24) is 10.6 Å². The minimum atomic E-state index is -0.458. The van der Waals surface area contributed by atoms with Crippen molar-refractivity contribution >= 4 is 6.09 Å². The molecule has 24 heavy (non-hydrogen) atoms. The summed E-state index contributed by atoms with van der Waals surface area (Å²) in [4.78, 5) is 11.9. The molecule has 0 spiro atoms. The highest BCUT2D eigenvalue weighted by Gasteiger charge is 2.57. The topological polar surface area (TPSA) is 59.6 Å². The van der Waals surface area contributed by atoms with E-state index in [9.17, 15) is 4.79 Å². The van der Waals surface area contributed by atoms with Crippen LogP contribution in [0.4, 0.5) is 4.79 Å². The fourth-order valence-corrected chi connectivity index (χ4v) is 4.23. The fourth-order valence-electron chi connectivity index (χ4n) is 4.23. The zero-order valence-electron chi connectivity index (χ0n) is 16.3. The minimum Gasteiger partial charge on any atom is -0.444 e. The largest absolute Gasteiger partial charge is 0.444 e. The van der Waals surface area contributed by atoms with Crippen LogP contribution in [0.2, 0.25) is 0 Å². The first-order chi connectivity index (χ1) is 11.1. The summed E-state index contributed by atoms with van der Waals surface area (Å²) in [6.45, 7) is 13.9. The molecule has 0 aromatic heterocycles. The van der Waals surface area contributed by atoms with Crippen LogP contribution in [0.5, 0.6) is 0 Å². The molecule has 2 aliphatic rings. The average molecular weight is 341 g/mol. The first-order valence-corrected chi connectivity index (χ1v) is 9.49. The Balaban J connectivity index is 1.88. The van der Waals surface area contributed by atoms with E-state index in [2.05, 4.69) is 31.4 Å². The summed E-state index contributed by atoms with van der Waals surface area (Å²) in [5.74, 6) is 0.606. The lowest BCUT2D eigenvalue weighted by atomic mass is 9.55. The smallest absolute Gasteiger partial charge is 0.407 e. The molecule has 2 N–H and O–H groups in total. The molecule has 0 aromatic carbocycles. The number of rotatable bonds is 6. The van der Waals surface area contributed by atoms with Gasteiger partial charge in [-0.25, -0.2) is 4.79 Å². The monoisotopic (exact) mass is 340 g/mol. The van der Waals surface area contributed by atoms with E-state index in [4.69, 9.17) is 9.47 Å². The van der Waals surface area contributed by atoms with Crippen molar-refractivity contribution in [3.63, 3.8) is 0 Å². The minimum absolute atomic E-state index is 0.156. The third-order valence-electron chi connectivity index (χ3n) is 5.28. The standard InChI is InChI=1S/C19H36N2O3/c1-7-9-13(12-20-17(22)24-18(2,3)4)21-15-14-10-8-11-23-16(14)19(15,5)6/h13-16,21H,7-12H2,1-6H3,(H,20,22). The molecule has 4 atom stereocenters. The van der Waals surface area contributed by atoms with E-state index in [1.54, 1.807) is 0 Å². The summed E-state index contributed by atoms with van der Waals surface area (Å²) >= 11 is 0. The van der Waals surface area contributed by atoms with Crippen molar-refractivity contribution < 1.29 is 14.3 Å². The van der Waals surface area contributed by atoms with E-state index >= 15 is 0 Å². The zero-order valence-corrected chi connectivity index (χ0v) is 16.3. The van der Waals surface area contributed by atoms with Crippen LogP contribution in [0.15, 0.2) is 0 Å². The molecule has 2 rings (SSSR count). The van der Waals surface area contributed by atoms with Crippen LogP contribution >= 0.6 is 0 Å². The zero-order chi connectivity index (χ0) is 18.0. The normalized spacial score (nSPS) is 30.0. The van der Waals surface area contributed by atoms with E-state index in [0.29, 0.717) is 24.6 Å². The first kappa shape index (κ1) is 19.5. The number of carbonyl (C=O) groups is 1. The molecule has 140 valence electrons. The molecule has 0 radical (unpaired) electrons. The summed E-state index contributed by atoms with van der Waals surface area (Å²) in [7, 11) is 0. The number of nitrogens with one attached hydrogen (secondary N) is 2. The Morgan fingerprint density at radius 1 is 1.38 bits per heavy atom. The Morgan fingerprint density at radius 2 is 2.08 bits per heavy atom. The first-order valence-electron chi connectivity index (χ1n) is 9.49. The highest BCUT2D eigenvalue weighted by molar-refractivity contribution is 5.67. The Labute approximate surface area is 147 Å². The molecule has 1 heterocycles. The molecule has 1 saturated carbocycles. The van der Waals surface area contributed by atoms with Crippen molar-refractivity contribution in [1.29, 1.82) is 0 Å². The van der Waals surface area contributed by atoms with Gasteiger partial charge in [0.1, 0.15) is 5.60 Å². The van der Waals surface area contributed by atoms with Crippen LogP contribution in [-0.4, -0.2) is 43.0 Å². The molecule has 4 unspecified atom stereocenters. The number of hydrogen-bond donors (Lipinski definition) is 2. The summed E-state index contributed by atoms with van der Waals surface area (Å²) in [6, 6.07) is 0.731. The van der Waals surface area contributed by atoms with Gasteiger partial charge in [-0.3, -0.25) is 0 Å². The van der Waals surface area contributed by atoms with Crippen LogP contribution in [0, 0.1) is 11.3 Å². The second kappa shape index (κ2) is 7.61. The van der Waals surface area contributed by atoms with Gasteiger partial charge in [0, 0.05) is 36.6 Å². The highest BCUT2D eigenvalue weighted by atomic mass is 16.6. The SMILES string of the molecule is CCCC(CNC(=O)OC(C)(C)C)NC1C2CCCOC2C1(C)C. The molecule has 1 aliphatic heterocycles. The molecule has 1 amide bonds. The number of carbonyl (C=O) groups excluding carboxylic acids is 1. The van der Waals surface area contributed by atoms with Crippen LogP contribution < -0.4 is 10.6 Å². The van der Waals surface area contributed by atoms with Gasteiger partial charge in [-0.05, 0) is 40.0 Å². The van der Waals surface area contributed by atoms with Gasteiger partial charge in [-0.2, -0.15) is 0 Å². The number of fused-ring (bicyclic) bond motifs is 1. The molecular formula is C19H36N2O3. The lowest BCUT2D eigenvalue weighted by Gasteiger charge is -2.61. The molecule has 5 heteroatoms. The van der Waals surface area contributed by atoms with E-state index in [-0.39, 0.29) is 17.6 Å². The summed E-state index contributed by atoms with van der Waals surface area (Å²) in [5, 5.41) is 6.73. The third-order valence-corrected chi connectivity index (χ3v) is 5.28. The molecule has 0 bridgehead atoms.